The minimum Gasteiger partial charge on any atom is -0.0990 e. The van der Waals surface area contributed by atoms with Crippen molar-refractivity contribution in [3.63, 3.8) is 0 Å². The van der Waals surface area contributed by atoms with E-state index in [1.165, 1.54) is 5.57 Å². The van der Waals surface area contributed by atoms with Crippen molar-refractivity contribution in [1.82, 2.24) is 0 Å². The van der Waals surface area contributed by atoms with Gasteiger partial charge in [-0.05, 0) is 17.6 Å². The van der Waals surface area contributed by atoms with Gasteiger partial charge in [0.2, 0.25) is 0 Å². The maximum absolute atomic E-state index is 3.80. The van der Waals surface area contributed by atoms with Gasteiger partial charge in [0.05, 0.1) is 0 Å². The van der Waals surface area contributed by atoms with Crippen LogP contribution in [0.2, 0.25) is 0 Å². The van der Waals surface area contributed by atoms with E-state index >= 15 is 0 Å². The van der Waals surface area contributed by atoms with E-state index in [2.05, 4.69) is 60.9 Å². The average molecular weight is 300 g/mol. The minimum atomic E-state index is 1.00. The predicted molar refractivity (Wildman–Crippen MR) is 74.9 cm³/mol. The molecule has 0 saturated carbocycles. The molecule has 0 nitrogen and oxygen atoms in total. The lowest BCUT2D eigenvalue weighted by atomic mass is 10.0. The second-order valence-electron chi connectivity index (χ2n) is 2.69. The third-order valence-electron chi connectivity index (χ3n) is 1.68. The molecule has 1 heteroatoms. The molecule has 0 unspecified atom stereocenters. The smallest absolute Gasteiger partial charge is 0.0184 e. The first-order chi connectivity index (χ1) is 6.79. The van der Waals surface area contributed by atoms with Crippen LogP contribution in [0.3, 0.4) is 0 Å². The van der Waals surface area contributed by atoms with Crippen LogP contribution in [0.15, 0.2) is 60.8 Å². The Morgan fingerprint density at radius 1 is 1.29 bits per heavy atom. The molecule has 0 amide bonds. The van der Waals surface area contributed by atoms with Crippen LogP contribution < -0.4 is 0 Å². The van der Waals surface area contributed by atoms with Crippen LogP contribution in [0.4, 0.5) is 0 Å². The van der Waals surface area contributed by atoms with Gasteiger partial charge in [0, 0.05) is 4.43 Å². The third kappa shape index (κ3) is 5.22. The Hall–Kier alpha value is -0.570. The second kappa shape index (κ2) is 9.00. The number of rotatable bonds is 6. The first kappa shape index (κ1) is 13.4. The molecule has 76 valence electrons. The molecule has 0 aromatic carbocycles. The van der Waals surface area contributed by atoms with Crippen LogP contribution in [0, 0.1) is 0 Å². The summed E-state index contributed by atoms with van der Waals surface area (Å²) in [6.07, 6.45) is 13.2. The highest BCUT2D eigenvalue weighted by molar-refractivity contribution is 14.1. The lowest BCUT2D eigenvalue weighted by molar-refractivity contribution is 1.22. The molecule has 0 aromatic heterocycles. The number of halogens is 1. The zero-order valence-corrected chi connectivity index (χ0v) is 10.8. The van der Waals surface area contributed by atoms with E-state index in [0.29, 0.717) is 0 Å². The summed E-state index contributed by atoms with van der Waals surface area (Å²) in [4.78, 5) is 0. The Bertz CT molecular complexity index is 267. The van der Waals surface area contributed by atoms with Crippen LogP contribution in [0.1, 0.15) is 13.3 Å². The van der Waals surface area contributed by atoms with Gasteiger partial charge in [0.25, 0.3) is 0 Å². The molecule has 0 aliphatic heterocycles. The first-order valence-electron chi connectivity index (χ1n) is 4.68. The van der Waals surface area contributed by atoms with E-state index in [-0.39, 0.29) is 0 Å². The maximum Gasteiger partial charge on any atom is 0.0184 e. The highest BCUT2D eigenvalue weighted by Gasteiger charge is 1.95. The molecule has 0 heterocycles. The van der Waals surface area contributed by atoms with Gasteiger partial charge >= 0.3 is 0 Å². The summed E-state index contributed by atoms with van der Waals surface area (Å²) in [5.74, 6) is 0. The normalized spacial score (nSPS) is 13.3. The molecule has 0 spiro atoms. The Labute approximate surface area is 101 Å². The summed E-state index contributed by atoms with van der Waals surface area (Å²) in [6.45, 7) is 9.62. The molecular weight excluding hydrogens is 283 g/mol. The van der Waals surface area contributed by atoms with Gasteiger partial charge in [-0.25, -0.2) is 0 Å². The lowest BCUT2D eigenvalue weighted by Gasteiger charge is -2.01. The fourth-order valence-electron chi connectivity index (χ4n) is 1.02. The summed E-state index contributed by atoms with van der Waals surface area (Å²) in [6, 6.07) is 0. The fraction of sp³-hybridized carbons (Fsp3) is 0.231. The third-order valence-corrected chi connectivity index (χ3v) is 2.12. The van der Waals surface area contributed by atoms with Gasteiger partial charge in [-0.2, -0.15) is 0 Å². The van der Waals surface area contributed by atoms with E-state index in [0.717, 1.165) is 16.4 Å². The van der Waals surface area contributed by atoms with Crippen LogP contribution >= 0.6 is 22.6 Å². The van der Waals surface area contributed by atoms with E-state index in [9.17, 15) is 0 Å². The van der Waals surface area contributed by atoms with Crippen LogP contribution in [-0.2, 0) is 0 Å². The quantitative estimate of drug-likeness (QED) is 0.382. The topological polar surface area (TPSA) is 0 Å². The van der Waals surface area contributed by atoms with E-state index in [4.69, 9.17) is 0 Å². The zero-order valence-electron chi connectivity index (χ0n) is 8.67. The minimum absolute atomic E-state index is 1.00. The maximum atomic E-state index is 3.80. The zero-order chi connectivity index (χ0) is 10.8. The molecule has 0 radical (unpaired) electrons. The van der Waals surface area contributed by atoms with Crippen LogP contribution in [0.25, 0.3) is 0 Å². The molecule has 0 aromatic rings. The van der Waals surface area contributed by atoms with Crippen molar-refractivity contribution in [1.29, 1.82) is 0 Å². The predicted octanol–water partition coefficient (Wildman–Crippen LogP) is 4.61. The monoisotopic (exact) mass is 300 g/mol. The Morgan fingerprint density at radius 2 is 2.00 bits per heavy atom. The standard InChI is InChI=1S/C13H17I/c1-4-7-9-13(10-11-14)12(6-3)8-5-2/h5-10H,2-4,11H2,1H3/b9-7-,12-8+,13-10+. The lowest BCUT2D eigenvalue weighted by Crippen LogP contribution is -1.83. The SMILES string of the molecule is C=C/C=C(C=C)/C(/C=C\CC)=C/CI. The molecule has 14 heavy (non-hydrogen) atoms. The second-order valence-corrected chi connectivity index (χ2v) is 3.57. The van der Waals surface area contributed by atoms with Crippen LogP contribution in [0.5, 0.6) is 0 Å². The number of hydrogen-bond acceptors (Lipinski definition) is 0. The number of allylic oxidation sites excluding steroid dienone is 8. The van der Waals surface area contributed by atoms with Crippen molar-refractivity contribution >= 4 is 22.6 Å². The highest BCUT2D eigenvalue weighted by atomic mass is 127. The Kier molecular flexibility index (Phi) is 8.64. The molecule has 0 aliphatic carbocycles. The van der Waals surface area contributed by atoms with Gasteiger partial charge < -0.3 is 0 Å². The Balaban J connectivity index is 4.88. The number of alkyl halides is 1. The molecule has 0 fully saturated rings. The van der Waals surface area contributed by atoms with Crippen molar-refractivity contribution < 1.29 is 0 Å². The van der Waals surface area contributed by atoms with Gasteiger partial charge in [0.1, 0.15) is 0 Å². The highest BCUT2D eigenvalue weighted by Crippen LogP contribution is 2.14. The van der Waals surface area contributed by atoms with Crippen molar-refractivity contribution in [2.75, 3.05) is 4.43 Å². The number of hydrogen-bond donors (Lipinski definition) is 0. The summed E-state index contributed by atoms with van der Waals surface area (Å²) in [5, 5.41) is 0. The van der Waals surface area contributed by atoms with E-state index in [1.54, 1.807) is 6.08 Å². The average Bonchev–Trinajstić information content (AvgIpc) is 2.21. The molecule has 0 rings (SSSR count). The van der Waals surface area contributed by atoms with Gasteiger partial charge in [-0.1, -0.05) is 79.1 Å². The molecule has 0 atom stereocenters. The summed E-state index contributed by atoms with van der Waals surface area (Å²) in [5.41, 5.74) is 2.34. The van der Waals surface area contributed by atoms with Crippen molar-refractivity contribution in [3.8, 4) is 0 Å². The van der Waals surface area contributed by atoms with Crippen molar-refractivity contribution in [2.45, 2.75) is 13.3 Å². The fourth-order valence-corrected chi connectivity index (χ4v) is 1.49. The first-order valence-corrected chi connectivity index (χ1v) is 6.20. The summed E-state index contributed by atoms with van der Waals surface area (Å²) in [7, 11) is 0. The molecule has 0 bridgehead atoms. The largest absolute Gasteiger partial charge is 0.0990 e. The van der Waals surface area contributed by atoms with Gasteiger partial charge in [-0.3, -0.25) is 0 Å². The summed E-state index contributed by atoms with van der Waals surface area (Å²) < 4.78 is 1.00. The van der Waals surface area contributed by atoms with Crippen LogP contribution in [-0.4, -0.2) is 4.43 Å². The summed E-state index contributed by atoms with van der Waals surface area (Å²) >= 11 is 2.33. The van der Waals surface area contributed by atoms with Gasteiger partial charge in [0.15, 0.2) is 0 Å². The molecular formula is C13H17I. The van der Waals surface area contributed by atoms with Crippen molar-refractivity contribution in [3.05, 3.63) is 60.8 Å². The van der Waals surface area contributed by atoms with E-state index in [1.807, 2.05) is 12.2 Å². The molecule has 0 aliphatic rings. The van der Waals surface area contributed by atoms with Crippen molar-refractivity contribution in [2.24, 2.45) is 0 Å². The molecule has 0 saturated heterocycles. The Morgan fingerprint density at radius 3 is 2.43 bits per heavy atom. The molecule has 0 N–H and O–H groups in total. The van der Waals surface area contributed by atoms with E-state index < -0.39 is 0 Å². The van der Waals surface area contributed by atoms with Gasteiger partial charge in [-0.15, -0.1) is 0 Å².